The number of nitrogens with one attached hydrogen (secondary N) is 2. The zero-order valence-electron chi connectivity index (χ0n) is 12.2. The summed E-state index contributed by atoms with van der Waals surface area (Å²) in [7, 11) is 0. The summed E-state index contributed by atoms with van der Waals surface area (Å²) in [5, 5.41) is 6.44. The smallest absolute Gasteiger partial charge is 0.221 e. The molecule has 0 heterocycles. The second-order valence-corrected chi connectivity index (χ2v) is 5.75. The van der Waals surface area contributed by atoms with Crippen molar-refractivity contribution in [2.75, 3.05) is 6.54 Å². The molecule has 0 rings (SSSR count). The fraction of sp³-hybridized carbons (Fsp3) is 0.929. The number of amides is 1. The molecule has 0 aliphatic carbocycles. The largest absolute Gasteiger partial charge is 0.351 e. The normalized spacial score (nSPS) is 13.5. The minimum absolute atomic E-state index is 0.122. The molecular formula is C14H30N2O. The maximum atomic E-state index is 11.6. The van der Waals surface area contributed by atoms with Crippen molar-refractivity contribution < 1.29 is 4.79 Å². The lowest BCUT2D eigenvalue weighted by Gasteiger charge is -2.21. The number of carbonyl (C=O) groups excluding carboxylic acids is 1. The summed E-state index contributed by atoms with van der Waals surface area (Å²) < 4.78 is 0. The summed E-state index contributed by atoms with van der Waals surface area (Å²) in [4.78, 5) is 11.6. The topological polar surface area (TPSA) is 41.1 Å². The summed E-state index contributed by atoms with van der Waals surface area (Å²) in [6.07, 6.45) is 5.43. The van der Waals surface area contributed by atoms with E-state index >= 15 is 0 Å². The number of hydrogen-bond acceptors (Lipinski definition) is 2. The van der Waals surface area contributed by atoms with Crippen LogP contribution in [0.2, 0.25) is 0 Å². The van der Waals surface area contributed by atoms with E-state index in [0.29, 0.717) is 12.5 Å². The highest BCUT2D eigenvalue weighted by molar-refractivity contribution is 5.76. The van der Waals surface area contributed by atoms with Gasteiger partial charge in [-0.25, -0.2) is 0 Å². The van der Waals surface area contributed by atoms with Crippen LogP contribution < -0.4 is 10.6 Å². The summed E-state index contributed by atoms with van der Waals surface area (Å²) in [5.41, 5.74) is -0.122. The number of carbonyl (C=O) groups is 1. The third-order valence-corrected chi connectivity index (χ3v) is 2.70. The van der Waals surface area contributed by atoms with Crippen LogP contribution >= 0.6 is 0 Å². The van der Waals surface area contributed by atoms with Gasteiger partial charge in [-0.15, -0.1) is 0 Å². The first-order valence-electron chi connectivity index (χ1n) is 6.93. The quantitative estimate of drug-likeness (QED) is 0.687. The predicted octanol–water partition coefficient (Wildman–Crippen LogP) is 2.85. The Morgan fingerprint density at radius 1 is 1.24 bits per heavy atom. The van der Waals surface area contributed by atoms with Crippen molar-refractivity contribution in [1.29, 1.82) is 0 Å². The molecule has 0 spiro atoms. The van der Waals surface area contributed by atoms with E-state index < -0.39 is 0 Å². The first-order chi connectivity index (χ1) is 7.89. The molecule has 0 saturated heterocycles. The SMILES string of the molecule is CCCCC(CC)NCCC(=O)NC(C)(C)C. The van der Waals surface area contributed by atoms with E-state index in [-0.39, 0.29) is 11.4 Å². The van der Waals surface area contributed by atoms with Crippen molar-refractivity contribution in [1.82, 2.24) is 10.6 Å². The van der Waals surface area contributed by atoms with Crippen molar-refractivity contribution in [3.8, 4) is 0 Å². The highest BCUT2D eigenvalue weighted by atomic mass is 16.1. The van der Waals surface area contributed by atoms with Gasteiger partial charge in [0.05, 0.1) is 0 Å². The molecule has 1 unspecified atom stereocenters. The Morgan fingerprint density at radius 2 is 1.88 bits per heavy atom. The van der Waals surface area contributed by atoms with Crippen molar-refractivity contribution >= 4 is 5.91 Å². The Kier molecular flexibility index (Phi) is 8.23. The van der Waals surface area contributed by atoms with Gasteiger partial charge in [0.25, 0.3) is 0 Å². The third-order valence-electron chi connectivity index (χ3n) is 2.70. The predicted molar refractivity (Wildman–Crippen MR) is 74.1 cm³/mol. The minimum Gasteiger partial charge on any atom is -0.351 e. The van der Waals surface area contributed by atoms with Crippen LogP contribution in [-0.2, 0) is 4.79 Å². The van der Waals surface area contributed by atoms with E-state index in [2.05, 4.69) is 24.5 Å². The van der Waals surface area contributed by atoms with Crippen LogP contribution in [0.5, 0.6) is 0 Å². The Labute approximate surface area is 107 Å². The first kappa shape index (κ1) is 16.4. The zero-order chi connectivity index (χ0) is 13.3. The number of unbranched alkanes of at least 4 members (excludes halogenated alkanes) is 1. The maximum absolute atomic E-state index is 11.6. The fourth-order valence-corrected chi connectivity index (χ4v) is 1.77. The lowest BCUT2D eigenvalue weighted by Crippen LogP contribution is -2.42. The van der Waals surface area contributed by atoms with Gasteiger partial charge >= 0.3 is 0 Å². The lowest BCUT2D eigenvalue weighted by atomic mass is 10.1. The summed E-state index contributed by atoms with van der Waals surface area (Å²) in [5.74, 6) is 0.135. The van der Waals surface area contributed by atoms with Crippen LogP contribution in [0.15, 0.2) is 0 Å². The second kappa shape index (κ2) is 8.51. The Hall–Kier alpha value is -0.570. The molecule has 102 valence electrons. The van der Waals surface area contributed by atoms with Crippen molar-refractivity contribution in [3.63, 3.8) is 0 Å². The van der Waals surface area contributed by atoms with E-state index in [1.54, 1.807) is 0 Å². The van der Waals surface area contributed by atoms with Crippen molar-refractivity contribution in [2.24, 2.45) is 0 Å². The van der Waals surface area contributed by atoms with Crippen LogP contribution in [-0.4, -0.2) is 24.0 Å². The molecule has 0 radical (unpaired) electrons. The third kappa shape index (κ3) is 10.3. The minimum atomic E-state index is -0.122. The van der Waals surface area contributed by atoms with Crippen molar-refractivity contribution in [3.05, 3.63) is 0 Å². The average Bonchev–Trinajstić information content (AvgIpc) is 2.20. The molecule has 1 atom stereocenters. The zero-order valence-corrected chi connectivity index (χ0v) is 12.2. The molecule has 0 aromatic rings. The van der Waals surface area contributed by atoms with E-state index in [1.807, 2.05) is 20.8 Å². The van der Waals surface area contributed by atoms with E-state index in [1.165, 1.54) is 19.3 Å². The second-order valence-electron chi connectivity index (χ2n) is 5.75. The van der Waals surface area contributed by atoms with E-state index in [0.717, 1.165) is 13.0 Å². The molecule has 0 aliphatic rings. The lowest BCUT2D eigenvalue weighted by molar-refractivity contribution is -0.122. The van der Waals surface area contributed by atoms with Gasteiger partial charge in [-0.2, -0.15) is 0 Å². The summed E-state index contributed by atoms with van der Waals surface area (Å²) >= 11 is 0. The van der Waals surface area contributed by atoms with Crippen LogP contribution in [0.4, 0.5) is 0 Å². The van der Waals surface area contributed by atoms with E-state index in [4.69, 9.17) is 0 Å². The molecule has 0 aliphatic heterocycles. The highest BCUT2D eigenvalue weighted by Crippen LogP contribution is 2.04. The molecule has 0 aromatic heterocycles. The van der Waals surface area contributed by atoms with Crippen LogP contribution in [0.3, 0.4) is 0 Å². The molecule has 2 N–H and O–H groups in total. The van der Waals surface area contributed by atoms with Gasteiger partial charge in [-0.05, 0) is 33.6 Å². The van der Waals surface area contributed by atoms with Gasteiger partial charge in [0.2, 0.25) is 5.91 Å². The van der Waals surface area contributed by atoms with Gasteiger partial charge in [-0.3, -0.25) is 4.79 Å². The molecular weight excluding hydrogens is 212 g/mol. The molecule has 0 bridgehead atoms. The molecule has 0 aromatic carbocycles. The fourth-order valence-electron chi connectivity index (χ4n) is 1.77. The Morgan fingerprint density at radius 3 is 2.35 bits per heavy atom. The standard InChI is InChI=1S/C14H30N2O/c1-6-8-9-12(7-2)15-11-10-13(17)16-14(3,4)5/h12,15H,6-11H2,1-5H3,(H,16,17). The first-order valence-corrected chi connectivity index (χ1v) is 6.93. The van der Waals surface area contributed by atoms with Crippen LogP contribution in [0, 0.1) is 0 Å². The van der Waals surface area contributed by atoms with Gasteiger partial charge in [-0.1, -0.05) is 26.7 Å². The average molecular weight is 242 g/mol. The van der Waals surface area contributed by atoms with Crippen molar-refractivity contribution in [2.45, 2.75) is 78.3 Å². The molecule has 17 heavy (non-hydrogen) atoms. The van der Waals surface area contributed by atoms with Crippen LogP contribution in [0.1, 0.15) is 66.7 Å². The molecule has 0 fully saturated rings. The van der Waals surface area contributed by atoms with Crippen LogP contribution in [0.25, 0.3) is 0 Å². The van der Waals surface area contributed by atoms with Gasteiger partial charge < -0.3 is 10.6 Å². The van der Waals surface area contributed by atoms with Gasteiger partial charge in [0.1, 0.15) is 0 Å². The maximum Gasteiger partial charge on any atom is 0.221 e. The Bertz CT molecular complexity index is 209. The molecule has 1 amide bonds. The molecule has 3 nitrogen and oxygen atoms in total. The molecule has 3 heteroatoms. The van der Waals surface area contributed by atoms with E-state index in [9.17, 15) is 4.79 Å². The number of rotatable bonds is 8. The highest BCUT2D eigenvalue weighted by Gasteiger charge is 2.13. The Balaban J connectivity index is 3.70. The monoisotopic (exact) mass is 242 g/mol. The van der Waals surface area contributed by atoms with Gasteiger partial charge in [0.15, 0.2) is 0 Å². The summed E-state index contributed by atoms with van der Waals surface area (Å²) in [6.45, 7) is 11.2. The number of hydrogen-bond donors (Lipinski definition) is 2. The summed E-state index contributed by atoms with van der Waals surface area (Å²) in [6, 6.07) is 0.567. The van der Waals surface area contributed by atoms with Gasteiger partial charge in [0, 0.05) is 24.5 Å². The molecule has 0 saturated carbocycles.